The molecule has 5 aromatic carbocycles. The fraction of sp³-hybridized carbons (Fsp3) is 0.205. The lowest BCUT2D eigenvalue weighted by Gasteiger charge is -2.34. The van der Waals surface area contributed by atoms with Crippen molar-refractivity contribution in [1.82, 2.24) is 0 Å². The predicted molar refractivity (Wildman–Crippen MR) is 191 cm³/mol. The number of methoxy groups -OCH3 is 2. The van der Waals surface area contributed by atoms with Gasteiger partial charge in [-0.15, -0.1) is 0 Å². The van der Waals surface area contributed by atoms with Crippen LogP contribution in [0.3, 0.4) is 0 Å². The lowest BCUT2D eigenvalue weighted by molar-refractivity contribution is -0.143. The summed E-state index contributed by atoms with van der Waals surface area (Å²) in [5, 5.41) is 0. The second-order valence-electron chi connectivity index (χ2n) is 13.2. The monoisotopic (exact) mass is 660 g/mol. The molecule has 5 aromatic rings. The van der Waals surface area contributed by atoms with Gasteiger partial charge in [-0.05, 0) is 40.5 Å². The van der Waals surface area contributed by atoms with Gasteiger partial charge in [0.2, 0.25) is 0 Å². The maximum atomic E-state index is 15.0. The first kappa shape index (κ1) is 31.5. The summed E-state index contributed by atoms with van der Waals surface area (Å²) < 4.78 is 17.7. The van der Waals surface area contributed by atoms with Crippen molar-refractivity contribution in [3.05, 3.63) is 172 Å². The van der Waals surface area contributed by atoms with E-state index in [1.807, 2.05) is 115 Å². The highest BCUT2D eigenvalue weighted by Gasteiger charge is 2.57. The maximum absolute atomic E-state index is 15.0. The van der Waals surface area contributed by atoms with Gasteiger partial charge in [0.1, 0.15) is 5.76 Å². The van der Waals surface area contributed by atoms with Crippen LogP contribution < -0.4 is 9.47 Å². The largest absolute Gasteiger partial charge is 0.493 e. The van der Waals surface area contributed by atoms with Gasteiger partial charge >= 0.3 is 5.97 Å². The molecule has 1 aliphatic heterocycles. The summed E-state index contributed by atoms with van der Waals surface area (Å²) in [5.74, 6) is -1.74. The Labute approximate surface area is 291 Å². The number of ketones is 2. The van der Waals surface area contributed by atoms with Crippen LogP contribution in [-0.4, -0.2) is 31.8 Å². The fourth-order valence-electron chi connectivity index (χ4n) is 8.66. The molecule has 0 saturated heterocycles. The fourth-order valence-corrected chi connectivity index (χ4v) is 8.66. The summed E-state index contributed by atoms with van der Waals surface area (Å²) in [4.78, 5) is 43.4. The van der Waals surface area contributed by atoms with Crippen molar-refractivity contribution in [1.29, 1.82) is 0 Å². The van der Waals surface area contributed by atoms with Gasteiger partial charge in [-0.25, -0.2) is 0 Å². The molecule has 0 bridgehead atoms. The highest BCUT2D eigenvalue weighted by molar-refractivity contribution is 6.02. The van der Waals surface area contributed by atoms with Gasteiger partial charge in [-0.2, -0.15) is 0 Å². The standard InChI is InChI=1S/C44H36O6/c1-48-37-23-31-32(22-35(45)26-14-6-3-7-15-26)41(43(46)28-18-10-5-11-19-28)40(34(31)25-38(37)49-2)39-30-21-13-12-20-29(30)33-24-36(50-44(47)42(33)39)27-16-8-4-9-17-27/h3-21,23-25,32-33,39-42H,22H2,1-2H3/t32-,33-,39+,40?,41+,42-/m1/s1. The number of hydrogen-bond donors (Lipinski definition) is 0. The minimum atomic E-state index is -0.666. The number of hydrogen-bond acceptors (Lipinski definition) is 6. The van der Waals surface area contributed by atoms with Crippen LogP contribution >= 0.6 is 0 Å². The third kappa shape index (κ3) is 5.23. The lowest BCUT2D eigenvalue weighted by Crippen LogP contribution is -2.34. The molecule has 8 rings (SSSR count). The Balaban J connectivity index is 1.34. The topological polar surface area (TPSA) is 78.9 Å². The smallest absolute Gasteiger partial charge is 0.315 e. The number of Topliss-reactive ketones (excluding diaryl/α,β-unsaturated/α-hetero) is 2. The van der Waals surface area contributed by atoms with E-state index in [9.17, 15) is 9.59 Å². The third-order valence-corrected chi connectivity index (χ3v) is 10.8. The minimum absolute atomic E-state index is 0.0555. The lowest BCUT2D eigenvalue weighted by atomic mass is 9.68. The van der Waals surface area contributed by atoms with Crippen LogP contribution in [-0.2, 0) is 9.53 Å². The van der Waals surface area contributed by atoms with Crippen molar-refractivity contribution in [3.8, 4) is 11.5 Å². The molecule has 1 unspecified atom stereocenters. The van der Waals surface area contributed by atoms with Gasteiger partial charge in [0, 0.05) is 52.7 Å². The van der Waals surface area contributed by atoms with Crippen LogP contribution in [0.2, 0.25) is 0 Å². The molecule has 1 heterocycles. The average Bonchev–Trinajstić information content (AvgIpc) is 3.66. The van der Waals surface area contributed by atoms with Gasteiger partial charge in [0.15, 0.2) is 23.1 Å². The van der Waals surface area contributed by atoms with Crippen LogP contribution in [0.1, 0.15) is 78.6 Å². The summed E-state index contributed by atoms with van der Waals surface area (Å²) >= 11 is 0. The molecule has 0 fully saturated rings. The van der Waals surface area contributed by atoms with E-state index in [1.54, 1.807) is 14.2 Å². The van der Waals surface area contributed by atoms with E-state index in [-0.39, 0.29) is 29.9 Å². The van der Waals surface area contributed by atoms with Gasteiger partial charge in [-0.1, -0.05) is 115 Å². The Morgan fingerprint density at radius 1 is 0.620 bits per heavy atom. The van der Waals surface area contributed by atoms with E-state index in [0.29, 0.717) is 28.4 Å². The molecule has 3 aliphatic rings. The Hall–Kier alpha value is -5.75. The second kappa shape index (κ2) is 12.9. The normalized spacial score (nSPS) is 23.2. The Morgan fingerprint density at radius 2 is 1.18 bits per heavy atom. The number of fused-ring (bicyclic) bond motifs is 4. The van der Waals surface area contributed by atoms with Crippen LogP contribution in [0.15, 0.2) is 133 Å². The van der Waals surface area contributed by atoms with E-state index < -0.39 is 29.6 Å². The predicted octanol–water partition coefficient (Wildman–Crippen LogP) is 8.75. The quantitative estimate of drug-likeness (QED) is 0.116. The summed E-state index contributed by atoms with van der Waals surface area (Å²) in [6.07, 6.45) is 2.17. The molecule has 6 nitrogen and oxygen atoms in total. The first-order valence-electron chi connectivity index (χ1n) is 17.0. The molecule has 0 saturated carbocycles. The van der Waals surface area contributed by atoms with Gasteiger partial charge in [-0.3, -0.25) is 14.4 Å². The Morgan fingerprint density at radius 3 is 1.82 bits per heavy atom. The van der Waals surface area contributed by atoms with Crippen molar-refractivity contribution in [2.75, 3.05) is 14.2 Å². The molecule has 0 radical (unpaired) electrons. The number of benzene rings is 5. The first-order valence-corrected chi connectivity index (χ1v) is 17.0. The Bertz CT molecular complexity index is 2120. The maximum Gasteiger partial charge on any atom is 0.315 e. The molecule has 6 atom stereocenters. The number of rotatable bonds is 9. The summed E-state index contributed by atoms with van der Waals surface area (Å²) in [6.45, 7) is 0. The Kier molecular flexibility index (Phi) is 8.15. The van der Waals surface area contributed by atoms with E-state index in [2.05, 4.69) is 18.2 Å². The zero-order valence-corrected chi connectivity index (χ0v) is 27.8. The van der Waals surface area contributed by atoms with Gasteiger partial charge in [0.05, 0.1) is 20.1 Å². The highest BCUT2D eigenvalue weighted by Crippen LogP contribution is 2.64. The molecular weight excluding hydrogens is 624 g/mol. The van der Waals surface area contributed by atoms with Crippen molar-refractivity contribution in [2.45, 2.75) is 30.1 Å². The third-order valence-electron chi connectivity index (χ3n) is 10.8. The summed E-state index contributed by atoms with van der Waals surface area (Å²) in [5.41, 5.74) is 5.78. The molecule has 50 heavy (non-hydrogen) atoms. The first-order chi connectivity index (χ1) is 24.5. The van der Waals surface area contributed by atoms with E-state index in [0.717, 1.165) is 27.8 Å². The van der Waals surface area contributed by atoms with Crippen LogP contribution in [0.5, 0.6) is 11.5 Å². The molecular formula is C44H36O6. The molecule has 6 heteroatoms. The second-order valence-corrected chi connectivity index (χ2v) is 13.2. The molecule has 0 N–H and O–H groups in total. The van der Waals surface area contributed by atoms with Crippen LogP contribution in [0, 0.1) is 11.8 Å². The SMILES string of the molecule is COc1cc2c(cc1OC)[C@@H](CC(=O)c1ccccc1)[C@H](C(=O)c1ccccc1)C2[C@@H]1c2ccccc2[C@H]2C=C(c3ccccc3)OC(=O)[C@H]21. The number of cyclic esters (lactones) is 1. The summed E-state index contributed by atoms with van der Waals surface area (Å²) in [6, 6.07) is 40.1. The number of allylic oxidation sites excluding steroid dienone is 1. The van der Waals surface area contributed by atoms with Crippen LogP contribution in [0.25, 0.3) is 5.76 Å². The van der Waals surface area contributed by atoms with E-state index in [4.69, 9.17) is 14.2 Å². The van der Waals surface area contributed by atoms with Crippen molar-refractivity contribution in [2.24, 2.45) is 11.8 Å². The molecule has 0 aromatic heterocycles. The molecule has 0 spiro atoms. The van der Waals surface area contributed by atoms with Crippen molar-refractivity contribution in [3.63, 3.8) is 0 Å². The average molecular weight is 661 g/mol. The van der Waals surface area contributed by atoms with Gasteiger partial charge in [0.25, 0.3) is 0 Å². The summed E-state index contributed by atoms with van der Waals surface area (Å²) in [7, 11) is 3.17. The molecule has 2 aliphatic carbocycles. The van der Waals surface area contributed by atoms with Crippen molar-refractivity contribution < 1.29 is 28.6 Å². The number of carbonyl (C=O) groups excluding carboxylic acids is 3. The number of ether oxygens (including phenoxy) is 3. The van der Waals surface area contributed by atoms with Crippen molar-refractivity contribution >= 4 is 23.3 Å². The zero-order chi connectivity index (χ0) is 34.4. The minimum Gasteiger partial charge on any atom is -0.493 e. The molecule has 248 valence electrons. The molecule has 0 amide bonds. The number of esters is 1. The van der Waals surface area contributed by atoms with E-state index in [1.165, 1.54) is 0 Å². The van der Waals surface area contributed by atoms with Crippen LogP contribution in [0.4, 0.5) is 0 Å². The number of carbonyl (C=O) groups is 3. The highest BCUT2D eigenvalue weighted by atomic mass is 16.5. The zero-order valence-electron chi connectivity index (χ0n) is 27.8. The van der Waals surface area contributed by atoms with Gasteiger partial charge < -0.3 is 14.2 Å². The van der Waals surface area contributed by atoms with E-state index >= 15 is 4.79 Å².